The van der Waals surface area contributed by atoms with Gasteiger partial charge < -0.3 is 15.5 Å². The van der Waals surface area contributed by atoms with E-state index < -0.39 is 0 Å². The van der Waals surface area contributed by atoms with Gasteiger partial charge in [-0.05, 0) is 13.3 Å². The number of hydrogen-bond acceptors (Lipinski definition) is 7. The minimum Gasteiger partial charge on any atom is -0.468 e. The number of ether oxygens (including phenoxy) is 1. The van der Waals surface area contributed by atoms with Crippen molar-refractivity contribution in [3.63, 3.8) is 0 Å². The highest BCUT2D eigenvalue weighted by Gasteiger charge is 2.13. The van der Waals surface area contributed by atoms with Crippen molar-refractivity contribution >= 4 is 17.0 Å². The zero-order valence-electron chi connectivity index (χ0n) is 11.8. The first-order valence-electron chi connectivity index (χ1n) is 6.54. The number of anilines is 1. The van der Waals surface area contributed by atoms with Crippen LogP contribution in [0.25, 0.3) is 11.2 Å². The number of fused-ring (bicyclic) bond motifs is 1. The molecule has 0 aliphatic heterocycles. The quantitative estimate of drug-likeness (QED) is 0.588. The van der Waals surface area contributed by atoms with E-state index in [9.17, 15) is 0 Å². The Bertz CT molecular complexity index is 571. The van der Waals surface area contributed by atoms with Gasteiger partial charge in [-0.25, -0.2) is 0 Å². The molecule has 0 saturated heterocycles. The predicted octanol–water partition coefficient (Wildman–Crippen LogP) is 1.83. The Morgan fingerprint density at radius 2 is 2.10 bits per heavy atom. The number of H-pyrrole nitrogens is 1. The molecule has 110 valence electrons. The van der Waals surface area contributed by atoms with Gasteiger partial charge in [0.2, 0.25) is 0 Å². The van der Waals surface area contributed by atoms with E-state index in [1.54, 1.807) is 0 Å². The van der Waals surface area contributed by atoms with E-state index in [0.29, 0.717) is 17.2 Å². The van der Waals surface area contributed by atoms with Gasteiger partial charge in [0.05, 0.1) is 7.11 Å². The van der Waals surface area contributed by atoms with Gasteiger partial charge in [-0.2, -0.15) is 19.8 Å². The first-order valence-corrected chi connectivity index (χ1v) is 6.54. The zero-order chi connectivity index (χ0) is 14.5. The van der Waals surface area contributed by atoms with Gasteiger partial charge in [0.15, 0.2) is 11.5 Å². The number of aromatic nitrogens is 4. The summed E-state index contributed by atoms with van der Waals surface area (Å²) in [6.45, 7) is 4.05. The summed E-state index contributed by atoms with van der Waals surface area (Å²) in [4.78, 5) is 25.3. The average Bonchev–Trinajstić information content (AvgIpc) is 2.86. The molecule has 8 heteroatoms. The molecule has 0 spiro atoms. The topological polar surface area (TPSA) is 108 Å². The van der Waals surface area contributed by atoms with Crippen LogP contribution in [-0.2, 0) is 4.89 Å². The summed E-state index contributed by atoms with van der Waals surface area (Å²) in [6, 6.07) is 0.350. The third-order valence-electron chi connectivity index (χ3n) is 2.78. The summed E-state index contributed by atoms with van der Waals surface area (Å²) in [5.74, 6) is 0.227. The molecule has 3 N–H and O–H groups in total. The van der Waals surface area contributed by atoms with Gasteiger partial charge in [0, 0.05) is 0 Å². The maximum absolute atomic E-state index is 5.80. The van der Waals surface area contributed by atoms with Crippen LogP contribution in [0, 0.1) is 0 Å². The van der Waals surface area contributed by atoms with E-state index in [-0.39, 0.29) is 17.9 Å². The summed E-state index contributed by atoms with van der Waals surface area (Å²) in [5.41, 5.74) is 6.68. The first kappa shape index (κ1) is 14.3. The van der Waals surface area contributed by atoms with Crippen molar-refractivity contribution in [2.24, 2.45) is 0 Å². The van der Waals surface area contributed by atoms with Crippen molar-refractivity contribution in [2.75, 3.05) is 12.8 Å². The van der Waals surface area contributed by atoms with Crippen molar-refractivity contribution in [1.29, 1.82) is 0 Å². The number of nitrogens with one attached hydrogen (secondary N) is 1. The maximum Gasteiger partial charge on any atom is 0.357 e. The third-order valence-corrected chi connectivity index (χ3v) is 2.78. The van der Waals surface area contributed by atoms with Crippen LogP contribution in [-0.4, -0.2) is 33.1 Å². The van der Waals surface area contributed by atoms with Gasteiger partial charge in [-0.15, -0.1) is 0 Å². The molecule has 0 saturated carbocycles. The Morgan fingerprint density at radius 3 is 2.80 bits per heavy atom. The molecule has 0 radical (unpaired) electrons. The highest BCUT2D eigenvalue weighted by atomic mass is 17.2. The van der Waals surface area contributed by atoms with E-state index in [0.717, 1.165) is 19.3 Å². The van der Waals surface area contributed by atoms with Gasteiger partial charge in [-0.3, -0.25) is 4.89 Å². The van der Waals surface area contributed by atoms with Crippen LogP contribution in [0.2, 0.25) is 0 Å². The molecule has 2 heterocycles. The Morgan fingerprint density at radius 1 is 1.30 bits per heavy atom. The fourth-order valence-corrected chi connectivity index (χ4v) is 1.68. The normalized spacial score (nSPS) is 12.6. The highest BCUT2D eigenvalue weighted by Crippen LogP contribution is 2.21. The van der Waals surface area contributed by atoms with Crippen LogP contribution in [0.4, 0.5) is 5.82 Å². The minimum absolute atomic E-state index is 0.0347. The second-order valence-electron chi connectivity index (χ2n) is 4.47. The van der Waals surface area contributed by atoms with Crippen LogP contribution in [0.5, 0.6) is 12.0 Å². The number of nitrogen functional groups attached to an aromatic ring is 1. The Kier molecular flexibility index (Phi) is 4.57. The molecule has 20 heavy (non-hydrogen) atoms. The smallest absolute Gasteiger partial charge is 0.357 e. The van der Waals surface area contributed by atoms with E-state index in [1.807, 2.05) is 6.92 Å². The van der Waals surface area contributed by atoms with Gasteiger partial charge in [0.1, 0.15) is 11.6 Å². The molecule has 0 unspecified atom stereocenters. The molecule has 2 rings (SSSR count). The minimum atomic E-state index is -0.0378. The number of nitrogens with two attached hydrogens (primary N) is 1. The largest absolute Gasteiger partial charge is 0.468 e. The molecular weight excluding hydrogens is 262 g/mol. The third kappa shape index (κ3) is 3.27. The molecule has 0 amide bonds. The molecule has 8 nitrogen and oxygen atoms in total. The summed E-state index contributed by atoms with van der Waals surface area (Å²) in [6.07, 6.45) is 3.05. The zero-order valence-corrected chi connectivity index (χ0v) is 11.8. The first-order chi connectivity index (χ1) is 9.63. The van der Waals surface area contributed by atoms with Gasteiger partial charge >= 0.3 is 6.01 Å². The van der Waals surface area contributed by atoms with E-state index in [1.165, 1.54) is 7.11 Å². The summed E-state index contributed by atoms with van der Waals surface area (Å²) < 4.78 is 4.97. The summed E-state index contributed by atoms with van der Waals surface area (Å²) in [5, 5.41) is 0. The highest BCUT2D eigenvalue weighted by molar-refractivity contribution is 5.82. The molecule has 0 aromatic carbocycles. The fraction of sp³-hybridized carbons (Fsp3) is 0.583. The van der Waals surface area contributed by atoms with Crippen LogP contribution in [0.15, 0.2) is 0 Å². The lowest BCUT2D eigenvalue weighted by atomic mass is 10.2. The van der Waals surface area contributed by atoms with Crippen LogP contribution in [0.3, 0.4) is 0 Å². The molecule has 0 aliphatic carbocycles. The molecule has 2 aromatic rings. The molecule has 2 aromatic heterocycles. The average molecular weight is 281 g/mol. The second-order valence-corrected chi connectivity index (χ2v) is 4.47. The molecule has 0 aliphatic rings. The number of rotatable bonds is 7. The number of imidazole rings is 1. The molecule has 0 bridgehead atoms. The second kappa shape index (κ2) is 6.38. The number of nitrogens with zero attached hydrogens (tertiary/aromatic N) is 3. The molecule has 0 fully saturated rings. The SMILES string of the molecule is CCCC[C@H](C)OOc1nc(N)c2[nH]c(OC)nc2n1. The van der Waals surface area contributed by atoms with Crippen molar-refractivity contribution in [1.82, 2.24) is 19.9 Å². The van der Waals surface area contributed by atoms with Gasteiger partial charge in [-0.1, -0.05) is 19.8 Å². The summed E-state index contributed by atoms with van der Waals surface area (Å²) >= 11 is 0. The lowest BCUT2D eigenvalue weighted by Crippen LogP contribution is -2.12. The van der Waals surface area contributed by atoms with E-state index in [2.05, 4.69) is 26.9 Å². The van der Waals surface area contributed by atoms with Crippen LogP contribution < -0.4 is 15.4 Å². The van der Waals surface area contributed by atoms with Crippen molar-refractivity contribution < 1.29 is 14.5 Å². The predicted molar refractivity (Wildman–Crippen MR) is 73.3 cm³/mol. The lowest BCUT2D eigenvalue weighted by Gasteiger charge is -2.10. The van der Waals surface area contributed by atoms with E-state index in [4.69, 9.17) is 20.2 Å². The standard InChI is InChI=1S/C12H19N5O3/c1-4-5-6-7(2)19-20-12-15-9(13)8-10(17-12)16-11(14-8)18-3/h7H,4-6H2,1-3H3,(H3,13,14,15,16,17)/t7-/m0/s1. The van der Waals surface area contributed by atoms with Crippen LogP contribution >= 0.6 is 0 Å². The van der Waals surface area contributed by atoms with Crippen molar-refractivity contribution in [3.8, 4) is 12.0 Å². The molecular formula is C12H19N5O3. The number of hydrogen-bond donors (Lipinski definition) is 2. The fourth-order valence-electron chi connectivity index (χ4n) is 1.68. The lowest BCUT2D eigenvalue weighted by molar-refractivity contribution is -0.246. The molecule has 1 atom stereocenters. The van der Waals surface area contributed by atoms with Crippen LogP contribution in [0.1, 0.15) is 33.1 Å². The number of methoxy groups -OCH3 is 1. The maximum atomic E-state index is 5.80. The Balaban J connectivity index is 2.07. The monoisotopic (exact) mass is 281 g/mol. The summed E-state index contributed by atoms with van der Waals surface area (Å²) in [7, 11) is 1.50. The number of unbranched alkanes of at least 4 members (excludes halogenated alkanes) is 1. The van der Waals surface area contributed by atoms with E-state index >= 15 is 0 Å². The Labute approximate surface area is 116 Å². The van der Waals surface area contributed by atoms with Crippen molar-refractivity contribution in [2.45, 2.75) is 39.2 Å². The Hall–Kier alpha value is -2.09. The van der Waals surface area contributed by atoms with Crippen molar-refractivity contribution in [3.05, 3.63) is 0 Å². The van der Waals surface area contributed by atoms with Gasteiger partial charge in [0.25, 0.3) is 6.01 Å². The number of aromatic amines is 1.